The summed E-state index contributed by atoms with van der Waals surface area (Å²) in [5, 5.41) is 8.87. The minimum absolute atomic E-state index is 0.409. The van der Waals surface area contributed by atoms with Crippen molar-refractivity contribution in [3.63, 3.8) is 0 Å². The first-order valence-electron chi connectivity index (χ1n) is 15.1. The Hall–Kier alpha value is -2.48. The summed E-state index contributed by atoms with van der Waals surface area (Å²) in [4.78, 5) is 14.9. The summed E-state index contributed by atoms with van der Waals surface area (Å²) in [6.45, 7) is 2.16. The standard InChI is InChI=1S/C35H37Br2NO4S2/c36-32-20-19-31(43-32)34-28(23-33(37)44-34)25-40-21-9-7-5-3-1-2-4-6-8-10-22-41-29-17-13-27(14-18-29)35(39)42-30-15-11-26(24-38)12-16-30/h11-20,23H,1-10,21-22,25H2. The lowest BCUT2D eigenvalue weighted by Crippen LogP contribution is -2.08. The summed E-state index contributed by atoms with van der Waals surface area (Å²) >= 11 is 10.7. The zero-order valence-electron chi connectivity index (χ0n) is 24.7. The van der Waals surface area contributed by atoms with Crippen LogP contribution in [-0.4, -0.2) is 19.2 Å². The maximum absolute atomic E-state index is 12.3. The van der Waals surface area contributed by atoms with Gasteiger partial charge in [-0.25, -0.2) is 4.79 Å². The van der Waals surface area contributed by atoms with E-state index < -0.39 is 5.97 Å². The van der Waals surface area contributed by atoms with Gasteiger partial charge in [-0.15, -0.1) is 22.7 Å². The van der Waals surface area contributed by atoms with Crippen LogP contribution in [0.2, 0.25) is 0 Å². The molecule has 0 aliphatic rings. The number of carbonyl (C=O) groups excluding carboxylic acids is 1. The van der Waals surface area contributed by atoms with Gasteiger partial charge >= 0.3 is 5.97 Å². The fourth-order valence-corrected chi connectivity index (χ4v) is 7.88. The molecule has 0 aliphatic carbocycles. The van der Waals surface area contributed by atoms with Crippen molar-refractivity contribution in [2.45, 2.75) is 70.8 Å². The zero-order chi connectivity index (χ0) is 31.0. The SMILES string of the molecule is N#Cc1ccc(OC(=O)c2ccc(OCCCCCCCCCCCCOCc3cc(Br)sc3-c3ccc(Br)s3)cc2)cc1. The van der Waals surface area contributed by atoms with E-state index in [2.05, 4.69) is 50.1 Å². The largest absolute Gasteiger partial charge is 0.494 e. The van der Waals surface area contributed by atoms with Gasteiger partial charge in [0, 0.05) is 11.5 Å². The van der Waals surface area contributed by atoms with Crippen LogP contribution in [-0.2, 0) is 11.3 Å². The number of rotatable bonds is 19. The number of esters is 1. The number of benzene rings is 2. The molecule has 0 atom stereocenters. The molecule has 0 fully saturated rings. The van der Waals surface area contributed by atoms with Gasteiger partial charge in [0.05, 0.1) is 42.9 Å². The van der Waals surface area contributed by atoms with Gasteiger partial charge in [-0.2, -0.15) is 5.26 Å². The minimum atomic E-state index is -0.439. The molecule has 2 aromatic carbocycles. The third-order valence-corrected chi connectivity index (χ3v) is 10.6. The number of unbranched alkanes of at least 4 members (excludes halogenated alkanes) is 9. The van der Waals surface area contributed by atoms with Gasteiger partial charge < -0.3 is 14.2 Å². The number of thiophene rings is 2. The van der Waals surface area contributed by atoms with Crippen molar-refractivity contribution in [2.75, 3.05) is 13.2 Å². The van der Waals surface area contributed by atoms with Gasteiger partial charge in [0.2, 0.25) is 0 Å². The Morgan fingerprint density at radius 3 is 1.93 bits per heavy atom. The van der Waals surface area contributed by atoms with Crippen LogP contribution in [0.3, 0.4) is 0 Å². The molecule has 4 aromatic rings. The Bertz CT molecular complexity index is 1480. The van der Waals surface area contributed by atoms with Crippen LogP contribution in [0.5, 0.6) is 11.5 Å². The van der Waals surface area contributed by atoms with E-state index in [4.69, 9.17) is 19.5 Å². The highest BCUT2D eigenvalue weighted by atomic mass is 79.9. The number of nitrogens with zero attached hydrogens (tertiary/aromatic N) is 1. The molecule has 0 amide bonds. The van der Waals surface area contributed by atoms with Crippen molar-refractivity contribution in [3.8, 4) is 27.3 Å². The number of nitriles is 1. The summed E-state index contributed by atoms with van der Waals surface area (Å²) in [7, 11) is 0. The third kappa shape index (κ3) is 11.8. The second-order valence-electron chi connectivity index (χ2n) is 10.5. The van der Waals surface area contributed by atoms with Gasteiger partial charge in [0.25, 0.3) is 0 Å². The monoisotopic (exact) mass is 757 g/mol. The van der Waals surface area contributed by atoms with E-state index in [0.29, 0.717) is 30.1 Å². The third-order valence-electron chi connectivity index (χ3n) is 7.07. The number of hydrogen-bond acceptors (Lipinski definition) is 7. The van der Waals surface area contributed by atoms with Crippen LogP contribution in [0, 0.1) is 11.3 Å². The quantitative estimate of drug-likeness (QED) is 0.0541. The minimum Gasteiger partial charge on any atom is -0.494 e. The van der Waals surface area contributed by atoms with Gasteiger partial charge in [-0.1, -0.05) is 51.4 Å². The zero-order valence-corrected chi connectivity index (χ0v) is 29.5. The van der Waals surface area contributed by atoms with Crippen molar-refractivity contribution in [1.29, 1.82) is 5.26 Å². The van der Waals surface area contributed by atoms with E-state index in [-0.39, 0.29) is 0 Å². The number of halogens is 2. The molecule has 0 N–H and O–H groups in total. The predicted molar refractivity (Wildman–Crippen MR) is 187 cm³/mol. The molecule has 0 bridgehead atoms. The Balaban J connectivity index is 0.953. The second kappa shape index (κ2) is 19.1. The van der Waals surface area contributed by atoms with Crippen LogP contribution in [0.4, 0.5) is 0 Å². The van der Waals surface area contributed by atoms with Gasteiger partial charge in [0.1, 0.15) is 11.5 Å². The molecule has 2 aromatic heterocycles. The first-order valence-corrected chi connectivity index (χ1v) is 18.3. The molecule has 4 rings (SSSR count). The normalized spacial score (nSPS) is 10.9. The van der Waals surface area contributed by atoms with Crippen LogP contribution >= 0.6 is 54.5 Å². The van der Waals surface area contributed by atoms with Crippen LogP contribution < -0.4 is 9.47 Å². The smallest absolute Gasteiger partial charge is 0.343 e. The number of carbonyl (C=O) groups is 1. The lowest BCUT2D eigenvalue weighted by Gasteiger charge is -2.08. The molecular formula is C35H37Br2NO4S2. The molecule has 232 valence electrons. The molecule has 0 saturated carbocycles. The summed E-state index contributed by atoms with van der Waals surface area (Å²) in [5.74, 6) is 0.722. The van der Waals surface area contributed by atoms with Crippen molar-refractivity contribution >= 4 is 60.5 Å². The molecule has 0 spiro atoms. The predicted octanol–water partition coefficient (Wildman–Crippen LogP) is 11.6. The second-order valence-corrected chi connectivity index (χ2v) is 15.4. The van der Waals surface area contributed by atoms with E-state index in [1.165, 1.54) is 66.7 Å². The number of hydrogen-bond donors (Lipinski definition) is 0. The van der Waals surface area contributed by atoms with E-state index in [0.717, 1.165) is 32.8 Å². The molecular weight excluding hydrogens is 722 g/mol. The molecule has 0 unspecified atom stereocenters. The van der Waals surface area contributed by atoms with Crippen molar-refractivity contribution < 1.29 is 19.0 Å². The lowest BCUT2D eigenvalue weighted by molar-refractivity contribution is 0.0734. The van der Waals surface area contributed by atoms with E-state index in [1.54, 1.807) is 71.2 Å². The molecule has 0 aliphatic heterocycles. The van der Waals surface area contributed by atoms with Crippen LogP contribution in [0.15, 0.2) is 74.3 Å². The maximum atomic E-state index is 12.3. The van der Waals surface area contributed by atoms with E-state index >= 15 is 0 Å². The topological polar surface area (TPSA) is 68.5 Å². The molecule has 0 saturated heterocycles. The Morgan fingerprint density at radius 1 is 0.705 bits per heavy atom. The van der Waals surface area contributed by atoms with Crippen molar-refractivity contribution in [1.82, 2.24) is 0 Å². The first kappa shape index (κ1) is 34.4. The highest BCUT2D eigenvalue weighted by Crippen LogP contribution is 2.40. The Labute approximate surface area is 285 Å². The highest BCUT2D eigenvalue weighted by molar-refractivity contribution is 9.11. The molecule has 5 nitrogen and oxygen atoms in total. The fourth-order valence-electron chi connectivity index (χ4n) is 4.69. The average Bonchev–Trinajstić information content (AvgIpc) is 3.64. The number of ether oxygens (including phenoxy) is 3. The summed E-state index contributed by atoms with van der Waals surface area (Å²) in [6.07, 6.45) is 12.2. The Morgan fingerprint density at radius 2 is 1.32 bits per heavy atom. The first-order chi connectivity index (χ1) is 21.5. The molecule has 0 radical (unpaired) electrons. The Kier molecular flexibility index (Phi) is 15.0. The van der Waals surface area contributed by atoms with Gasteiger partial charge in [-0.3, -0.25) is 0 Å². The summed E-state index contributed by atoms with van der Waals surface area (Å²) in [5.41, 5.74) is 2.24. The van der Waals surface area contributed by atoms with Crippen molar-refractivity contribution in [3.05, 3.63) is 91.0 Å². The van der Waals surface area contributed by atoms with Gasteiger partial charge in [0.15, 0.2) is 0 Å². The van der Waals surface area contributed by atoms with Crippen LogP contribution in [0.1, 0.15) is 85.7 Å². The van der Waals surface area contributed by atoms with Crippen molar-refractivity contribution in [2.24, 2.45) is 0 Å². The van der Waals surface area contributed by atoms with E-state index in [1.807, 2.05) is 6.07 Å². The lowest BCUT2D eigenvalue weighted by atomic mass is 10.1. The maximum Gasteiger partial charge on any atom is 0.343 e. The van der Waals surface area contributed by atoms with Crippen LogP contribution in [0.25, 0.3) is 9.75 Å². The molecule has 44 heavy (non-hydrogen) atoms. The summed E-state index contributed by atoms with van der Waals surface area (Å²) in [6, 6.07) is 22.0. The van der Waals surface area contributed by atoms with E-state index in [9.17, 15) is 4.79 Å². The molecule has 2 heterocycles. The van der Waals surface area contributed by atoms with Gasteiger partial charge in [-0.05, 0) is 117 Å². The summed E-state index contributed by atoms with van der Waals surface area (Å²) < 4.78 is 19.5. The average molecular weight is 760 g/mol. The highest BCUT2D eigenvalue weighted by Gasteiger charge is 2.12. The fraction of sp³-hybridized carbons (Fsp3) is 0.371. The molecule has 9 heteroatoms.